The average Bonchev–Trinajstić information content (AvgIpc) is 2.47. The van der Waals surface area contributed by atoms with E-state index in [1.807, 2.05) is 6.08 Å². The van der Waals surface area contributed by atoms with Crippen LogP contribution in [0.25, 0.3) is 0 Å². The molecule has 0 aliphatic heterocycles. The van der Waals surface area contributed by atoms with Crippen LogP contribution in [0.3, 0.4) is 0 Å². The van der Waals surface area contributed by atoms with Crippen molar-refractivity contribution in [2.75, 3.05) is 0 Å². The molecule has 0 aliphatic rings. The number of benzene rings is 1. The van der Waals surface area contributed by atoms with Crippen LogP contribution in [0.4, 0.5) is 0 Å². The minimum atomic E-state index is 1.19. The largest absolute Gasteiger partial charge is 0.103 e. The van der Waals surface area contributed by atoms with Crippen LogP contribution < -0.4 is 0 Å². The van der Waals surface area contributed by atoms with Crippen molar-refractivity contribution in [3.63, 3.8) is 0 Å². The van der Waals surface area contributed by atoms with Gasteiger partial charge < -0.3 is 0 Å². The normalized spacial score (nSPS) is 10.7. The molecule has 0 bridgehead atoms. The first-order valence-electron chi connectivity index (χ1n) is 8.49. The van der Waals surface area contributed by atoms with E-state index in [4.69, 9.17) is 0 Å². The molecule has 0 aliphatic carbocycles. The maximum atomic E-state index is 3.76. The van der Waals surface area contributed by atoms with Crippen molar-refractivity contribution < 1.29 is 0 Å². The van der Waals surface area contributed by atoms with E-state index < -0.39 is 0 Å². The minimum absolute atomic E-state index is 1.19. The fourth-order valence-electron chi connectivity index (χ4n) is 2.61. The van der Waals surface area contributed by atoms with Gasteiger partial charge in [0, 0.05) is 0 Å². The van der Waals surface area contributed by atoms with E-state index in [-0.39, 0.29) is 0 Å². The lowest BCUT2D eigenvalue weighted by molar-refractivity contribution is 0.560. The van der Waals surface area contributed by atoms with Crippen molar-refractivity contribution in [1.82, 2.24) is 0 Å². The third-order valence-corrected chi connectivity index (χ3v) is 3.99. The predicted octanol–water partition coefficient (Wildman–Crippen LogP) is 6.62. The fourth-order valence-corrected chi connectivity index (χ4v) is 2.61. The van der Waals surface area contributed by atoms with Crippen LogP contribution in [0.5, 0.6) is 0 Å². The van der Waals surface area contributed by atoms with Gasteiger partial charge >= 0.3 is 0 Å². The lowest BCUT2D eigenvalue weighted by atomic mass is 10.0. The maximum absolute atomic E-state index is 3.76. The number of hydrogen-bond donors (Lipinski definition) is 0. The van der Waals surface area contributed by atoms with Crippen LogP contribution in [0.1, 0.15) is 75.3 Å². The van der Waals surface area contributed by atoms with Crippen molar-refractivity contribution in [1.29, 1.82) is 0 Å². The number of allylic oxidation sites excluding steroid dienone is 1. The standard InChI is InChI=1S/C20H32/c1-3-4-5-6-7-8-9-10-11-12-13-14-20-17-15-19(2)16-18-20/h3,15-18H,1,4-14H2,2H3. The van der Waals surface area contributed by atoms with Crippen molar-refractivity contribution in [3.05, 3.63) is 48.0 Å². The van der Waals surface area contributed by atoms with Gasteiger partial charge in [0.1, 0.15) is 0 Å². The van der Waals surface area contributed by atoms with Crippen molar-refractivity contribution in [2.24, 2.45) is 0 Å². The van der Waals surface area contributed by atoms with Crippen LogP contribution in [-0.4, -0.2) is 0 Å². The van der Waals surface area contributed by atoms with E-state index in [0.717, 1.165) is 0 Å². The van der Waals surface area contributed by atoms with E-state index >= 15 is 0 Å². The second-order valence-corrected chi connectivity index (χ2v) is 5.99. The Morgan fingerprint density at radius 2 is 1.25 bits per heavy atom. The molecule has 0 spiro atoms. The Bertz CT molecular complexity index is 334. The quantitative estimate of drug-likeness (QED) is 0.296. The number of hydrogen-bond acceptors (Lipinski definition) is 0. The molecular formula is C20H32. The number of aryl methyl sites for hydroxylation is 2. The SMILES string of the molecule is C=CCCCCCCCCCCCc1ccc(C)cc1. The third kappa shape index (κ3) is 8.96. The fraction of sp³-hybridized carbons (Fsp3) is 0.600. The predicted molar refractivity (Wildman–Crippen MR) is 91.3 cm³/mol. The molecule has 0 heterocycles. The zero-order valence-corrected chi connectivity index (χ0v) is 13.4. The molecule has 0 amide bonds. The first-order chi connectivity index (χ1) is 9.83. The Morgan fingerprint density at radius 1 is 0.750 bits per heavy atom. The summed E-state index contributed by atoms with van der Waals surface area (Å²) in [4.78, 5) is 0. The Labute approximate surface area is 126 Å². The summed E-state index contributed by atoms with van der Waals surface area (Å²) >= 11 is 0. The van der Waals surface area contributed by atoms with Gasteiger partial charge in [0.25, 0.3) is 0 Å². The Balaban J connectivity index is 1.85. The molecule has 0 fully saturated rings. The summed E-state index contributed by atoms with van der Waals surface area (Å²) in [6, 6.07) is 9.00. The summed E-state index contributed by atoms with van der Waals surface area (Å²) in [7, 11) is 0. The summed E-state index contributed by atoms with van der Waals surface area (Å²) in [6.07, 6.45) is 17.1. The molecule has 0 saturated heterocycles. The third-order valence-electron chi connectivity index (χ3n) is 3.99. The van der Waals surface area contributed by atoms with Gasteiger partial charge in [-0.3, -0.25) is 0 Å². The van der Waals surface area contributed by atoms with Gasteiger partial charge in [-0.1, -0.05) is 80.9 Å². The smallest absolute Gasteiger partial charge is 0.0279 e. The summed E-state index contributed by atoms with van der Waals surface area (Å²) in [5, 5.41) is 0. The zero-order chi connectivity index (χ0) is 14.5. The van der Waals surface area contributed by atoms with Crippen molar-refractivity contribution in [3.8, 4) is 0 Å². The number of rotatable bonds is 12. The van der Waals surface area contributed by atoms with E-state index in [9.17, 15) is 0 Å². The van der Waals surface area contributed by atoms with Gasteiger partial charge in [0.2, 0.25) is 0 Å². The highest BCUT2D eigenvalue weighted by molar-refractivity contribution is 5.21. The molecular weight excluding hydrogens is 240 g/mol. The van der Waals surface area contributed by atoms with Gasteiger partial charge in [-0.15, -0.1) is 6.58 Å². The summed E-state index contributed by atoms with van der Waals surface area (Å²) < 4.78 is 0. The molecule has 112 valence electrons. The molecule has 0 aromatic heterocycles. The first-order valence-corrected chi connectivity index (χ1v) is 8.49. The highest BCUT2D eigenvalue weighted by Gasteiger charge is 1.95. The summed E-state index contributed by atoms with van der Waals surface area (Å²) in [5.41, 5.74) is 2.86. The Morgan fingerprint density at radius 3 is 1.80 bits per heavy atom. The van der Waals surface area contributed by atoms with E-state index in [1.165, 1.54) is 81.8 Å². The lowest BCUT2D eigenvalue weighted by Gasteiger charge is -2.03. The Kier molecular flexibility index (Phi) is 10.0. The summed E-state index contributed by atoms with van der Waals surface area (Å²) in [6.45, 7) is 5.92. The molecule has 20 heavy (non-hydrogen) atoms. The lowest BCUT2D eigenvalue weighted by Crippen LogP contribution is -1.87. The van der Waals surface area contributed by atoms with E-state index in [2.05, 4.69) is 37.8 Å². The number of unbranched alkanes of at least 4 members (excludes halogenated alkanes) is 9. The topological polar surface area (TPSA) is 0 Å². The first kappa shape index (κ1) is 17.0. The average molecular weight is 272 g/mol. The van der Waals surface area contributed by atoms with E-state index in [0.29, 0.717) is 0 Å². The molecule has 0 radical (unpaired) electrons. The highest BCUT2D eigenvalue weighted by atomic mass is 14.0. The molecule has 0 heteroatoms. The maximum Gasteiger partial charge on any atom is -0.0279 e. The molecule has 0 N–H and O–H groups in total. The molecule has 1 aromatic rings. The summed E-state index contributed by atoms with van der Waals surface area (Å²) in [5.74, 6) is 0. The highest BCUT2D eigenvalue weighted by Crippen LogP contribution is 2.13. The van der Waals surface area contributed by atoms with Crippen LogP contribution >= 0.6 is 0 Å². The van der Waals surface area contributed by atoms with Crippen LogP contribution in [-0.2, 0) is 6.42 Å². The second-order valence-electron chi connectivity index (χ2n) is 5.99. The molecule has 0 nitrogen and oxygen atoms in total. The van der Waals surface area contributed by atoms with Crippen LogP contribution in [0.15, 0.2) is 36.9 Å². The molecule has 0 saturated carbocycles. The molecule has 1 aromatic carbocycles. The zero-order valence-electron chi connectivity index (χ0n) is 13.4. The van der Waals surface area contributed by atoms with Crippen molar-refractivity contribution in [2.45, 2.75) is 77.6 Å². The van der Waals surface area contributed by atoms with Crippen LogP contribution in [0.2, 0.25) is 0 Å². The minimum Gasteiger partial charge on any atom is -0.103 e. The van der Waals surface area contributed by atoms with Gasteiger partial charge in [-0.2, -0.15) is 0 Å². The Hall–Kier alpha value is -1.04. The second kappa shape index (κ2) is 11.8. The molecule has 0 atom stereocenters. The van der Waals surface area contributed by atoms with Crippen molar-refractivity contribution >= 4 is 0 Å². The van der Waals surface area contributed by atoms with Gasteiger partial charge in [0.05, 0.1) is 0 Å². The molecule has 1 rings (SSSR count). The van der Waals surface area contributed by atoms with E-state index in [1.54, 1.807) is 0 Å². The van der Waals surface area contributed by atoms with Gasteiger partial charge in [-0.25, -0.2) is 0 Å². The van der Waals surface area contributed by atoms with Crippen LogP contribution in [0, 0.1) is 6.92 Å². The van der Waals surface area contributed by atoms with Gasteiger partial charge in [-0.05, 0) is 38.2 Å². The monoisotopic (exact) mass is 272 g/mol. The molecule has 0 unspecified atom stereocenters. The van der Waals surface area contributed by atoms with Gasteiger partial charge in [0.15, 0.2) is 0 Å².